The molecule has 4 heteroatoms. The first-order valence-electron chi connectivity index (χ1n) is 5.78. The van der Waals surface area contributed by atoms with Crippen molar-refractivity contribution in [3.05, 3.63) is 21.9 Å². The second kappa shape index (κ2) is 4.97. The van der Waals surface area contributed by atoms with Crippen LogP contribution in [0.1, 0.15) is 29.3 Å². The number of nitrogens with zero attached hydrogens (tertiary/aromatic N) is 1. The Bertz CT molecular complexity index is 371. The van der Waals surface area contributed by atoms with E-state index in [4.69, 9.17) is 0 Å². The number of rotatable bonds is 4. The number of carbonyl (C=O) groups is 1. The van der Waals surface area contributed by atoms with E-state index in [-0.39, 0.29) is 5.91 Å². The molecule has 1 N–H and O–H groups in total. The summed E-state index contributed by atoms with van der Waals surface area (Å²) >= 11 is 1.60. The van der Waals surface area contributed by atoms with Crippen molar-refractivity contribution >= 4 is 17.2 Å². The normalized spacial score (nSPS) is 15.9. The van der Waals surface area contributed by atoms with Crippen molar-refractivity contribution in [1.29, 1.82) is 0 Å². The third-order valence-corrected chi connectivity index (χ3v) is 3.87. The van der Waals surface area contributed by atoms with Crippen LogP contribution < -0.4 is 5.32 Å². The molecule has 0 saturated carbocycles. The van der Waals surface area contributed by atoms with Crippen LogP contribution >= 0.6 is 11.3 Å². The summed E-state index contributed by atoms with van der Waals surface area (Å²) in [6.07, 6.45) is 1.02. The van der Waals surface area contributed by atoms with Crippen LogP contribution in [0, 0.1) is 6.92 Å². The maximum absolute atomic E-state index is 12.4. The predicted molar refractivity (Wildman–Crippen MR) is 67.0 cm³/mol. The number of carbonyl (C=O) groups excluding carboxylic acids is 1. The molecule has 1 fully saturated rings. The predicted octanol–water partition coefficient (Wildman–Crippen LogP) is 1.88. The molecule has 0 atom stereocenters. The van der Waals surface area contributed by atoms with Crippen molar-refractivity contribution in [3.8, 4) is 0 Å². The van der Waals surface area contributed by atoms with Gasteiger partial charge in [0.25, 0.3) is 5.91 Å². The quantitative estimate of drug-likeness (QED) is 0.868. The van der Waals surface area contributed by atoms with Gasteiger partial charge in [0.2, 0.25) is 0 Å². The highest BCUT2D eigenvalue weighted by Crippen LogP contribution is 2.18. The molecule has 3 nitrogen and oxygen atoms in total. The standard InChI is InChI=1S/C12H18N2OS/c1-3-4-14(10-5-13-6-10)12(15)11-8-16-7-9(11)2/h7-8,10,13H,3-6H2,1-2H3. The van der Waals surface area contributed by atoms with E-state index >= 15 is 0 Å². The monoisotopic (exact) mass is 238 g/mol. The van der Waals surface area contributed by atoms with Crippen molar-refractivity contribution in [2.45, 2.75) is 26.3 Å². The van der Waals surface area contributed by atoms with Crippen molar-refractivity contribution in [2.24, 2.45) is 0 Å². The van der Waals surface area contributed by atoms with Crippen molar-refractivity contribution in [1.82, 2.24) is 10.2 Å². The van der Waals surface area contributed by atoms with Crippen LogP contribution in [-0.4, -0.2) is 36.5 Å². The lowest BCUT2D eigenvalue weighted by atomic mass is 10.1. The molecule has 0 aromatic carbocycles. The smallest absolute Gasteiger partial charge is 0.255 e. The molecule has 0 bridgehead atoms. The van der Waals surface area contributed by atoms with Gasteiger partial charge in [-0.05, 0) is 24.3 Å². The lowest BCUT2D eigenvalue weighted by molar-refractivity contribution is 0.0615. The molecular weight excluding hydrogens is 220 g/mol. The maximum atomic E-state index is 12.4. The first kappa shape index (κ1) is 11.6. The summed E-state index contributed by atoms with van der Waals surface area (Å²) in [5.41, 5.74) is 1.98. The Balaban J connectivity index is 2.13. The van der Waals surface area contributed by atoms with Gasteiger partial charge in [0.15, 0.2) is 0 Å². The molecule has 88 valence electrons. The van der Waals surface area contributed by atoms with Gasteiger partial charge in [0.1, 0.15) is 0 Å². The number of amides is 1. The van der Waals surface area contributed by atoms with Crippen LogP contribution in [0.3, 0.4) is 0 Å². The Labute approximate surface area is 100 Å². The maximum Gasteiger partial charge on any atom is 0.255 e. The number of hydrogen-bond donors (Lipinski definition) is 1. The lowest BCUT2D eigenvalue weighted by Gasteiger charge is -2.38. The van der Waals surface area contributed by atoms with E-state index in [0.29, 0.717) is 6.04 Å². The molecule has 1 aromatic rings. The van der Waals surface area contributed by atoms with Gasteiger partial charge in [-0.25, -0.2) is 0 Å². The van der Waals surface area contributed by atoms with Gasteiger partial charge >= 0.3 is 0 Å². The minimum atomic E-state index is 0.201. The van der Waals surface area contributed by atoms with E-state index in [1.54, 1.807) is 11.3 Å². The molecular formula is C12H18N2OS. The van der Waals surface area contributed by atoms with Gasteiger partial charge in [-0.15, -0.1) is 0 Å². The Morgan fingerprint density at radius 2 is 2.31 bits per heavy atom. The Morgan fingerprint density at radius 3 is 2.75 bits per heavy atom. The summed E-state index contributed by atoms with van der Waals surface area (Å²) in [6, 6.07) is 0.395. The summed E-state index contributed by atoms with van der Waals surface area (Å²) in [6.45, 7) is 6.87. The summed E-state index contributed by atoms with van der Waals surface area (Å²) in [4.78, 5) is 14.4. The zero-order chi connectivity index (χ0) is 11.5. The molecule has 1 aliphatic rings. The van der Waals surface area contributed by atoms with Gasteiger partial charge in [-0.2, -0.15) is 11.3 Å². The zero-order valence-corrected chi connectivity index (χ0v) is 10.6. The number of nitrogens with one attached hydrogen (secondary N) is 1. The molecule has 16 heavy (non-hydrogen) atoms. The summed E-state index contributed by atoms with van der Waals surface area (Å²) in [7, 11) is 0. The molecule has 0 spiro atoms. The molecule has 2 heterocycles. The lowest BCUT2D eigenvalue weighted by Crippen LogP contribution is -2.59. The van der Waals surface area contributed by atoms with Crippen LogP contribution in [0.5, 0.6) is 0 Å². The highest BCUT2D eigenvalue weighted by molar-refractivity contribution is 7.08. The van der Waals surface area contributed by atoms with Crippen molar-refractivity contribution < 1.29 is 4.79 Å². The van der Waals surface area contributed by atoms with Crippen LogP contribution in [0.15, 0.2) is 10.8 Å². The molecule has 0 aliphatic carbocycles. The zero-order valence-electron chi connectivity index (χ0n) is 9.82. The number of hydrogen-bond acceptors (Lipinski definition) is 3. The minimum Gasteiger partial charge on any atom is -0.333 e. The fraction of sp³-hybridized carbons (Fsp3) is 0.583. The second-order valence-corrected chi connectivity index (χ2v) is 5.02. The van der Waals surface area contributed by atoms with Crippen molar-refractivity contribution in [2.75, 3.05) is 19.6 Å². The topological polar surface area (TPSA) is 32.3 Å². The van der Waals surface area contributed by atoms with Crippen LogP contribution in [0.2, 0.25) is 0 Å². The molecule has 0 unspecified atom stereocenters. The Morgan fingerprint density at radius 1 is 1.56 bits per heavy atom. The Kier molecular flexibility index (Phi) is 3.61. The van der Waals surface area contributed by atoms with E-state index < -0.39 is 0 Å². The molecule has 2 rings (SSSR count). The van der Waals surface area contributed by atoms with Crippen LogP contribution in [-0.2, 0) is 0 Å². The minimum absolute atomic E-state index is 0.201. The van der Waals surface area contributed by atoms with E-state index in [1.807, 2.05) is 22.6 Å². The molecule has 1 amide bonds. The highest BCUT2D eigenvalue weighted by atomic mass is 32.1. The third kappa shape index (κ3) is 2.13. The van der Waals surface area contributed by atoms with E-state index in [0.717, 1.165) is 37.2 Å². The van der Waals surface area contributed by atoms with Crippen LogP contribution in [0.25, 0.3) is 0 Å². The second-order valence-electron chi connectivity index (χ2n) is 4.28. The first-order valence-corrected chi connectivity index (χ1v) is 6.72. The summed E-state index contributed by atoms with van der Waals surface area (Å²) in [5.74, 6) is 0.201. The van der Waals surface area contributed by atoms with E-state index in [1.165, 1.54) is 0 Å². The number of aryl methyl sites for hydroxylation is 1. The number of thiophene rings is 1. The van der Waals surface area contributed by atoms with Gasteiger partial charge in [-0.3, -0.25) is 4.79 Å². The van der Waals surface area contributed by atoms with E-state index in [9.17, 15) is 4.79 Å². The van der Waals surface area contributed by atoms with Crippen LogP contribution in [0.4, 0.5) is 0 Å². The van der Waals surface area contributed by atoms with Gasteiger partial charge in [0.05, 0.1) is 11.6 Å². The van der Waals surface area contributed by atoms with Gasteiger partial charge < -0.3 is 10.2 Å². The molecule has 1 aromatic heterocycles. The van der Waals surface area contributed by atoms with Gasteiger partial charge in [-0.1, -0.05) is 6.92 Å². The SMILES string of the molecule is CCCN(C(=O)c1cscc1C)C1CNC1. The average Bonchev–Trinajstić information content (AvgIpc) is 2.60. The van der Waals surface area contributed by atoms with Crippen molar-refractivity contribution in [3.63, 3.8) is 0 Å². The largest absolute Gasteiger partial charge is 0.333 e. The molecule has 1 saturated heterocycles. The fourth-order valence-electron chi connectivity index (χ4n) is 1.92. The molecule has 0 radical (unpaired) electrons. The van der Waals surface area contributed by atoms with Gasteiger partial charge in [0, 0.05) is 25.0 Å². The summed E-state index contributed by atoms with van der Waals surface area (Å²) < 4.78 is 0. The third-order valence-electron chi connectivity index (χ3n) is 3.01. The average molecular weight is 238 g/mol. The summed E-state index contributed by atoms with van der Waals surface area (Å²) in [5, 5.41) is 7.23. The van der Waals surface area contributed by atoms with E-state index in [2.05, 4.69) is 12.2 Å². The highest BCUT2D eigenvalue weighted by Gasteiger charge is 2.29. The fourth-order valence-corrected chi connectivity index (χ4v) is 2.74. The molecule has 1 aliphatic heterocycles. The first-order chi connectivity index (χ1) is 7.74. The Hall–Kier alpha value is -0.870.